The van der Waals surface area contributed by atoms with Gasteiger partial charge < -0.3 is 10.1 Å². The summed E-state index contributed by atoms with van der Waals surface area (Å²) in [6.07, 6.45) is 0. The van der Waals surface area contributed by atoms with E-state index in [1.165, 1.54) is 12.1 Å². The highest BCUT2D eigenvalue weighted by Gasteiger charge is 2.16. The average molecular weight is 494 g/mol. The van der Waals surface area contributed by atoms with Crippen LogP contribution in [-0.4, -0.2) is 19.3 Å². The van der Waals surface area contributed by atoms with E-state index in [0.29, 0.717) is 29.3 Å². The van der Waals surface area contributed by atoms with Crippen LogP contribution in [0.2, 0.25) is 0 Å². The van der Waals surface area contributed by atoms with E-state index in [2.05, 4.69) is 15.0 Å². The molecule has 0 unspecified atom stereocenters. The molecule has 0 saturated carbocycles. The number of nitrogens with zero attached hydrogens (tertiary/aromatic N) is 1. The molecule has 1 heterocycles. The van der Waals surface area contributed by atoms with E-state index in [1.54, 1.807) is 78.9 Å². The summed E-state index contributed by atoms with van der Waals surface area (Å²) in [5.74, 6) is 0.317. The number of aryl methyl sites for hydroxylation is 2. The Labute approximate surface area is 202 Å². The molecule has 0 fully saturated rings. The number of carbonyl (C=O) groups excluding carboxylic acids is 1. The van der Waals surface area contributed by atoms with Gasteiger partial charge >= 0.3 is 0 Å². The molecule has 34 heavy (non-hydrogen) atoms. The highest BCUT2D eigenvalue weighted by atomic mass is 32.2. The minimum atomic E-state index is -3.74. The predicted molar refractivity (Wildman–Crippen MR) is 134 cm³/mol. The third-order valence-electron chi connectivity index (χ3n) is 4.96. The highest BCUT2D eigenvalue weighted by Crippen LogP contribution is 2.24. The highest BCUT2D eigenvalue weighted by molar-refractivity contribution is 7.92. The van der Waals surface area contributed by atoms with Gasteiger partial charge in [0.05, 0.1) is 21.3 Å². The fourth-order valence-electron chi connectivity index (χ4n) is 3.15. The van der Waals surface area contributed by atoms with Gasteiger partial charge in [-0.05, 0) is 67.9 Å². The third-order valence-corrected chi connectivity index (χ3v) is 7.17. The zero-order valence-corrected chi connectivity index (χ0v) is 20.2. The molecule has 1 amide bonds. The number of aromatic nitrogens is 1. The van der Waals surface area contributed by atoms with Crippen molar-refractivity contribution in [3.8, 4) is 5.75 Å². The first kappa shape index (κ1) is 23.5. The summed E-state index contributed by atoms with van der Waals surface area (Å²) in [5, 5.41) is 5.74. The number of amides is 1. The van der Waals surface area contributed by atoms with Crippen molar-refractivity contribution >= 4 is 38.6 Å². The van der Waals surface area contributed by atoms with Crippen molar-refractivity contribution in [2.45, 2.75) is 25.3 Å². The summed E-state index contributed by atoms with van der Waals surface area (Å²) in [7, 11) is -3.74. The lowest BCUT2D eigenvalue weighted by Gasteiger charge is -2.13. The lowest BCUT2D eigenvalue weighted by molar-refractivity contribution is 0.102. The van der Waals surface area contributed by atoms with E-state index in [1.807, 2.05) is 12.3 Å². The van der Waals surface area contributed by atoms with Gasteiger partial charge in [-0.1, -0.05) is 24.3 Å². The van der Waals surface area contributed by atoms with Crippen LogP contribution >= 0.6 is 11.3 Å². The van der Waals surface area contributed by atoms with Crippen LogP contribution in [0.25, 0.3) is 0 Å². The third kappa shape index (κ3) is 5.81. The number of sulfonamides is 1. The zero-order valence-electron chi connectivity index (χ0n) is 18.6. The van der Waals surface area contributed by atoms with Crippen molar-refractivity contribution in [1.29, 1.82) is 0 Å². The van der Waals surface area contributed by atoms with Gasteiger partial charge in [-0.15, -0.1) is 11.3 Å². The largest absolute Gasteiger partial charge is 0.487 e. The molecule has 0 aliphatic heterocycles. The topological polar surface area (TPSA) is 97.4 Å². The van der Waals surface area contributed by atoms with Crippen LogP contribution in [0.1, 0.15) is 26.6 Å². The Morgan fingerprint density at radius 1 is 1.00 bits per heavy atom. The van der Waals surface area contributed by atoms with Crippen molar-refractivity contribution in [1.82, 2.24) is 4.98 Å². The Hall–Kier alpha value is -3.69. The number of thiazole rings is 1. The van der Waals surface area contributed by atoms with Gasteiger partial charge in [0, 0.05) is 16.6 Å². The normalized spacial score (nSPS) is 11.1. The van der Waals surface area contributed by atoms with Crippen LogP contribution < -0.4 is 14.8 Å². The molecule has 1 aromatic heterocycles. The standard InChI is InChI=1S/C25H23N3O4S2/c1-17-8-11-20(14-24(17)28-34(30,31)23-6-4-3-5-7-23)27-25(29)19-9-12-22(13-10-19)32-15-21-16-33-18(2)26-21/h3-14,16,28H,15H2,1-2H3,(H,27,29). The SMILES string of the molecule is Cc1nc(COc2ccc(C(=O)Nc3ccc(C)c(NS(=O)(=O)c4ccccc4)c3)cc2)cs1. The summed E-state index contributed by atoms with van der Waals surface area (Å²) in [4.78, 5) is 17.2. The second kappa shape index (κ2) is 10.1. The Morgan fingerprint density at radius 2 is 1.74 bits per heavy atom. The zero-order chi connectivity index (χ0) is 24.1. The number of ether oxygens (including phenoxy) is 1. The molecule has 9 heteroatoms. The first-order valence-electron chi connectivity index (χ1n) is 10.4. The van der Waals surface area contributed by atoms with Crippen LogP contribution in [0.3, 0.4) is 0 Å². The van der Waals surface area contributed by atoms with Gasteiger partial charge in [0.15, 0.2) is 0 Å². The first-order chi connectivity index (χ1) is 16.3. The van der Waals surface area contributed by atoms with E-state index in [0.717, 1.165) is 16.3 Å². The van der Waals surface area contributed by atoms with Gasteiger partial charge in [0.2, 0.25) is 0 Å². The molecular weight excluding hydrogens is 470 g/mol. The monoisotopic (exact) mass is 493 g/mol. The van der Waals surface area contributed by atoms with E-state index in [-0.39, 0.29) is 10.8 Å². The summed E-state index contributed by atoms with van der Waals surface area (Å²) < 4.78 is 33.7. The molecule has 4 aromatic rings. The summed E-state index contributed by atoms with van der Waals surface area (Å²) >= 11 is 1.57. The molecular formula is C25H23N3O4S2. The van der Waals surface area contributed by atoms with Gasteiger partial charge in [-0.2, -0.15) is 0 Å². The number of hydrogen-bond acceptors (Lipinski definition) is 6. The second-order valence-corrected chi connectivity index (χ2v) is 10.3. The molecule has 0 bridgehead atoms. The van der Waals surface area contributed by atoms with Crippen LogP contribution in [0.5, 0.6) is 5.75 Å². The molecule has 174 valence electrons. The lowest BCUT2D eigenvalue weighted by Crippen LogP contribution is -2.15. The van der Waals surface area contributed by atoms with Gasteiger partial charge in [-0.3, -0.25) is 9.52 Å². The Balaban J connectivity index is 1.42. The van der Waals surface area contributed by atoms with Gasteiger partial charge in [-0.25, -0.2) is 13.4 Å². The first-order valence-corrected chi connectivity index (χ1v) is 12.8. The Bertz CT molecular complexity index is 1400. The molecule has 0 spiro atoms. The number of rotatable bonds is 8. The predicted octanol–water partition coefficient (Wildman–Crippen LogP) is 5.39. The minimum Gasteiger partial charge on any atom is -0.487 e. The van der Waals surface area contributed by atoms with Crippen molar-refractivity contribution in [3.05, 3.63) is 100 Å². The van der Waals surface area contributed by atoms with Crippen LogP contribution in [0, 0.1) is 13.8 Å². The number of nitrogens with one attached hydrogen (secondary N) is 2. The van der Waals surface area contributed by atoms with Crippen LogP contribution in [0.15, 0.2) is 83.1 Å². The fourth-order valence-corrected chi connectivity index (χ4v) is 4.89. The Morgan fingerprint density at radius 3 is 2.41 bits per heavy atom. The molecule has 2 N–H and O–H groups in total. The van der Waals surface area contributed by atoms with E-state index in [4.69, 9.17) is 4.74 Å². The molecule has 7 nitrogen and oxygen atoms in total. The smallest absolute Gasteiger partial charge is 0.261 e. The van der Waals surface area contributed by atoms with Gasteiger partial charge in [0.1, 0.15) is 12.4 Å². The maximum absolute atomic E-state index is 12.7. The van der Waals surface area contributed by atoms with Crippen molar-refractivity contribution < 1.29 is 17.9 Å². The molecule has 3 aromatic carbocycles. The fraction of sp³-hybridized carbons (Fsp3) is 0.120. The summed E-state index contributed by atoms with van der Waals surface area (Å²) in [5.41, 5.74) is 2.91. The van der Waals surface area contributed by atoms with Crippen molar-refractivity contribution in [3.63, 3.8) is 0 Å². The average Bonchev–Trinajstić information content (AvgIpc) is 3.25. The summed E-state index contributed by atoms with van der Waals surface area (Å²) in [6, 6.07) is 20.0. The van der Waals surface area contributed by atoms with Crippen molar-refractivity contribution in [2.75, 3.05) is 10.0 Å². The number of anilines is 2. The molecule has 0 aliphatic rings. The molecule has 0 radical (unpaired) electrons. The minimum absolute atomic E-state index is 0.163. The van der Waals surface area contributed by atoms with E-state index < -0.39 is 10.0 Å². The van der Waals surface area contributed by atoms with Gasteiger partial charge in [0.25, 0.3) is 15.9 Å². The quantitative estimate of drug-likeness (QED) is 0.343. The number of carbonyl (C=O) groups is 1. The van der Waals surface area contributed by atoms with E-state index >= 15 is 0 Å². The molecule has 0 atom stereocenters. The molecule has 0 aliphatic carbocycles. The lowest BCUT2D eigenvalue weighted by atomic mass is 10.1. The van der Waals surface area contributed by atoms with E-state index in [9.17, 15) is 13.2 Å². The van der Waals surface area contributed by atoms with Crippen LogP contribution in [-0.2, 0) is 16.6 Å². The van der Waals surface area contributed by atoms with Crippen molar-refractivity contribution in [2.24, 2.45) is 0 Å². The summed E-state index contributed by atoms with van der Waals surface area (Å²) in [6.45, 7) is 4.10. The maximum atomic E-state index is 12.7. The second-order valence-electron chi connectivity index (χ2n) is 7.57. The molecule has 4 rings (SSSR count). The maximum Gasteiger partial charge on any atom is 0.261 e. The number of benzene rings is 3. The molecule has 0 saturated heterocycles. The number of hydrogen-bond donors (Lipinski definition) is 2. The Kier molecular flexibility index (Phi) is 6.95. The van der Waals surface area contributed by atoms with Crippen LogP contribution in [0.4, 0.5) is 11.4 Å².